The van der Waals surface area contributed by atoms with Crippen molar-refractivity contribution >= 4 is 43.6 Å². The van der Waals surface area contributed by atoms with Gasteiger partial charge in [-0.3, -0.25) is 0 Å². The molecule has 0 bridgehead atoms. The lowest BCUT2D eigenvalue weighted by molar-refractivity contribution is 0.590. The summed E-state index contributed by atoms with van der Waals surface area (Å²) in [4.78, 5) is 0. The Morgan fingerprint density at radius 3 is 0.738 bits per heavy atom. The molecule has 2 aromatic heterocycles. The van der Waals surface area contributed by atoms with Crippen molar-refractivity contribution in [3.63, 3.8) is 0 Å². The van der Waals surface area contributed by atoms with E-state index in [-0.39, 0.29) is 21.7 Å². The van der Waals surface area contributed by atoms with Crippen molar-refractivity contribution in [2.75, 3.05) is 0 Å². The molecule has 0 aliphatic heterocycles. The summed E-state index contributed by atoms with van der Waals surface area (Å²) in [6.45, 7) is 32.3. The molecule has 406 valence electrons. The van der Waals surface area contributed by atoms with E-state index in [0.717, 1.165) is 24.2 Å². The van der Waals surface area contributed by atoms with Crippen LogP contribution in [0.5, 0.6) is 0 Å². The highest BCUT2D eigenvalue weighted by Gasteiger charge is 2.24. The van der Waals surface area contributed by atoms with Crippen molar-refractivity contribution in [2.45, 2.75) is 157 Å². The molecule has 11 rings (SSSR count). The van der Waals surface area contributed by atoms with Gasteiger partial charge in [-0.1, -0.05) is 207 Å². The molecule has 2 nitrogen and oxygen atoms in total. The van der Waals surface area contributed by atoms with E-state index in [0.29, 0.717) is 0 Å². The van der Waals surface area contributed by atoms with E-state index in [1.807, 2.05) is 0 Å². The Labute approximate surface area is 478 Å². The highest BCUT2D eigenvalue weighted by Crippen LogP contribution is 2.45. The van der Waals surface area contributed by atoms with Gasteiger partial charge in [0.1, 0.15) is 0 Å². The van der Waals surface area contributed by atoms with Crippen LogP contribution in [0.4, 0.5) is 0 Å². The summed E-state index contributed by atoms with van der Waals surface area (Å²) < 4.78 is 4.96. The molecule has 0 saturated carbocycles. The standard InChI is InChI=1S/C78H84N2/c1-15-17-19-51-21-25-53(26-22-51)63-49-66(56-31-39-62(40-32-56)80-73-43-35-59(77(9,10)11)47-69(73)70-48-60(78(12,13)14)36-44-74(70)80)64(54-27-23-52(24-28-54)20-18-16-2)50-65(63)55-29-37-61(38-30-55)79-71-41-33-57(75(3,4)5)45-67(71)68-46-58(76(6,7)8)34-42-72(68)79/h21-50H,15-20H2,1-14H3. The fourth-order valence-corrected chi connectivity index (χ4v) is 12.1. The first-order chi connectivity index (χ1) is 38.1. The Balaban J connectivity index is 1.09. The zero-order valence-corrected chi connectivity index (χ0v) is 50.5. The van der Waals surface area contributed by atoms with Crippen LogP contribution in [0.3, 0.4) is 0 Å². The quantitative estimate of drug-likeness (QED) is 0.115. The highest BCUT2D eigenvalue weighted by atomic mass is 15.0. The van der Waals surface area contributed by atoms with Crippen LogP contribution >= 0.6 is 0 Å². The molecule has 2 heteroatoms. The summed E-state index contributed by atoms with van der Waals surface area (Å²) in [7, 11) is 0. The largest absolute Gasteiger partial charge is 0.309 e. The van der Waals surface area contributed by atoms with E-state index < -0.39 is 0 Å². The number of benzene rings is 9. The van der Waals surface area contributed by atoms with Crippen LogP contribution in [-0.2, 0) is 34.5 Å². The molecule has 80 heavy (non-hydrogen) atoms. The molecule has 0 amide bonds. The third-order valence-corrected chi connectivity index (χ3v) is 17.2. The number of aryl methyl sites for hydroxylation is 2. The maximum Gasteiger partial charge on any atom is 0.0541 e. The summed E-state index contributed by atoms with van der Waals surface area (Å²) in [5, 5.41) is 5.22. The number of nitrogens with zero attached hydrogens (tertiary/aromatic N) is 2. The van der Waals surface area contributed by atoms with Crippen molar-refractivity contribution in [1.29, 1.82) is 0 Å². The zero-order chi connectivity index (χ0) is 56.5. The Kier molecular flexibility index (Phi) is 14.3. The third kappa shape index (κ3) is 10.5. The number of aromatic nitrogens is 2. The van der Waals surface area contributed by atoms with Crippen molar-refractivity contribution in [2.24, 2.45) is 0 Å². The molecule has 0 aliphatic rings. The summed E-state index contributed by atoms with van der Waals surface area (Å²) in [6.07, 6.45) is 6.93. The SMILES string of the molecule is CCCCc1ccc(-c2cc(-c3ccc(-n4c5ccc(C(C)(C)C)cc5c5cc(C(C)(C)C)ccc54)cc3)c(-c3ccc(CCCC)cc3)cc2-c2ccc(-n3c4ccc(C(C)(C)C)cc4c4cc(C(C)(C)C)ccc43)cc2)cc1. The van der Waals surface area contributed by atoms with Crippen molar-refractivity contribution in [1.82, 2.24) is 9.13 Å². The van der Waals surface area contributed by atoms with E-state index in [1.165, 1.54) is 147 Å². The number of fused-ring (bicyclic) bond motifs is 6. The lowest BCUT2D eigenvalue weighted by Crippen LogP contribution is -2.10. The lowest BCUT2D eigenvalue weighted by Gasteiger charge is -2.20. The van der Waals surface area contributed by atoms with Gasteiger partial charge < -0.3 is 9.13 Å². The molecule has 0 unspecified atom stereocenters. The average molecular weight is 1050 g/mol. The fraction of sp³-hybridized carbons (Fsp3) is 0.308. The van der Waals surface area contributed by atoms with Crippen LogP contribution in [-0.4, -0.2) is 9.13 Å². The summed E-state index contributed by atoms with van der Waals surface area (Å²) in [5.41, 5.74) is 25.4. The highest BCUT2D eigenvalue weighted by molar-refractivity contribution is 6.11. The molecule has 0 spiro atoms. The Morgan fingerprint density at radius 2 is 0.512 bits per heavy atom. The molecular weight excluding hydrogens is 965 g/mol. The molecule has 11 aromatic rings. The molecule has 0 N–H and O–H groups in total. The van der Waals surface area contributed by atoms with Crippen molar-refractivity contribution < 1.29 is 0 Å². The maximum absolute atomic E-state index is 2.49. The minimum Gasteiger partial charge on any atom is -0.309 e. The monoisotopic (exact) mass is 1050 g/mol. The van der Waals surface area contributed by atoms with E-state index in [1.54, 1.807) is 0 Å². The number of unbranched alkanes of at least 4 members (excludes halogenated alkanes) is 2. The van der Waals surface area contributed by atoms with Gasteiger partial charge in [0.15, 0.2) is 0 Å². The van der Waals surface area contributed by atoms with Crippen LogP contribution in [0.15, 0.2) is 182 Å². The van der Waals surface area contributed by atoms with Gasteiger partial charge >= 0.3 is 0 Å². The molecule has 0 aliphatic carbocycles. The molecule has 0 radical (unpaired) electrons. The number of rotatable bonds is 12. The maximum atomic E-state index is 2.49. The first-order valence-electron chi connectivity index (χ1n) is 29.9. The minimum absolute atomic E-state index is 0.0376. The third-order valence-electron chi connectivity index (χ3n) is 17.2. The predicted molar refractivity (Wildman–Crippen MR) is 349 cm³/mol. The number of hydrogen-bond acceptors (Lipinski definition) is 0. The van der Waals surface area contributed by atoms with Gasteiger partial charge in [-0.2, -0.15) is 0 Å². The summed E-state index contributed by atoms with van der Waals surface area (Å²) in [5.74, 6) is 0. The van der Waals surface area contributed by atoms with E-state index in [2.05, 4.69) is 288 Å². The van der Waals surface area contributed by atoms with E-state index in [9.17, 15) is 0 Å². The van der Waals surface area contributed by atoms with Gasteiger partial charge in [0, 0.05) is 32.9 Å². The average Bonchev–Trinajstić information content (AvgIpc) is 3.97. The first kappa shape index (κ1) is 54.5. The van der Waals surface area contributed by atoms with Gasteiger partial charge in [0.05, 0.1) is 22.1 Å². The molecular formula is C78H84N2. The second-order valence-electron chi connectivity index (χ2n) is 27.2. The van der Waals surface area contributed by atoms with Crippen LogP contribution in [0.25, 0.3) is 99.5 Å². The van der Waals surface area contributed by atoms with Crippen molar-refractivity contribution in [3.8, 4) is 55.9 Å². The first-order valence-corrected chi connectivity index (χ1v) is 29.9. The second kappa shape index (κ2) is 20.9. The normalized spacial score (nSPS) is 12.7. The van der Waals surface area contributed by atoms with E-state index >= 15 is 0 Å². The molecule has 0 saturated heterocycles. The Bertz CT molecular complexity index is 3640. The lowest BCUT2D eigenvalue weighted by atomic mass is 9.85. The second-order valence-corrected chi connectivity index (χ2v) is 27.2. The Hall–Kier alpha value is -7.42. The van der Waals surface area contributed by atoms with E-state index in [4.69, 9.17) is 0 Å². The van der Waals surface area contributed by atoms with Crippen LogP contribution in [0.1, 0.15) is 156 Å². The fourth-order valence-electron chi connectivity index (χ4n) is 12.1. The van der Waals surface area contributed by atoms with Gasteiger partial charge in [-0.05, 0) is 210 Å². The van der Waals surface area contributed by atoms with Gasteiger partial charge in [0.25, 0.3) is 0 Å². The zero-order valence-electron chi connectivity index (χ0n) is 50.5. The Morgan fingerprint density at radius 1 is 0.275 bits per heavy atom. The molecule has 0 atom stereocenters. The molecule has 0 fully saturated rings. The van der Waals surface area contributed by atoms with Crippen LogP contribution in [0.2, 0.25) is 0 Å². The smallest absolute Gasteiger partial charge is 0.0541 e. The van der Waals surface area contributed by atoms with Gasteiger partial charge in [-0.25, -0.2) is 0 Å². The minimum atomic E-state index is 0.0376. The van der Waals surface area contributed by atoms with Gasteiger partial charge in [-0.15, -0.1) is 0 Å². The molecule has 2 heterocycles. The number of hydrogen-bond donors (Lipinski definition) is 0. The topological polar surface area (TPSA) is 9.86 Å². The summed E-state index contributed by atoms with van der Waals surface area (Å²) >= 11 is 0. The predicted octanol–water partition coefficient (Wildman–Crippen LogP) is 22.4. The van der Waals surface area contributed by atoms with Crippen LogP contribution in [0, 0.1) is 0 Å². The van der Waals surface area contributed by atoms with Gasteiger partial charge in [0.2, 0.25) is 0 Å². The molecule has 9 aromatic carbocycles. The summed E-state index contributed by atoms with van der Waals surface area (Å²) in [6, 6.07) is 71.2. The van der Waals surface area contributed by atoms with Crippen molar-refractivity contribution in [3.05, 3.63) is 215 Å². The van der Waals surface area contributed by atoms with Crippen LogP contribution < -0.4 is 0 Å².